The fourth-order valence-corrected chi connectivity index (χ4v) is 5.60. The van der Waals surface area contributed by atoms with Crippen LogP contribution in [0.25, 0.3) is 0 Å². The first kappa shape index (κ1) is 32.0. The molecule has 3 rings (SSSR count). The third kappa shape index (κ3) is 8.71. The van der Waals surface area contributed by atoms with Crippen molar-refractivity contribution in [3.63, 3.8) is 0 Å². The summed E-state index contributed by atoms with van der Waals surface area (Å²) in [4.78, 5) is 28.4. The van der Waals surface area contributed by atoms with E-state index < -0.39 is 28.5 Å². The quantitative estimate of drug-likeness (QED) is 0.283. The summed E-state index contributed by atoms with van der Waals surface area (Å²) in [6.07, 6.45) is 0. The van der Waals surface area contributed by atoms with Crippen molar-refractivity contribution < 1.29 is 22.7 Å². The Kier molecular flexibility index (Phi) is 11.2. The summed E-state index contributed by atoms with van der Waals surface area (Å²) < 4.78 is 34.4. The second-order valence-corrected chi connectivity index (χ2v) is 12.5. The number of rotatable bonds is 13. The number of hydrogen-bond acceptors (Lipinski definition) is 5. The predicted octanol–water partition coefficient (Wildman–Crippen LogP) is 5.43. The third-order valence-electron chi connectivity index (χ3n) is 6.44. The Morgan fingerprint density at radius 3 is 2.10 bits per heavy atom. The van der Waals surface area contributed by atoms with Gasteiger partial charge in [-0.3, -0.25) is 13.9 Å². The number of carbonyl (C=O) groups is 2. The number of hydrogen-bond donors (Lipinski definition) is 1. The lowest BCUT2D eigenvalue weighted by atomic mass is 10.1. The predicted molar refractivity (Wildman–Crippen MR) is 163 cm³/mol. The van der Waals surface area contributed by atoms with Gasteiger partial charge in [0.15, 0.2) is 0 Å². The Balaban J connectivity index is 1.99. The maximum absolute atomic E-state index is 14.0. The van der Waals surface area contributed by atoms with Crippen LogP contribution in [0.15, 0.2) is 77.7 Å². The van der Waals surface area contributed by atoms with Crippen molar-refractivity contribution in [1.82, 2.24) is 10.2 Å². The zero-order valence-electron chi connectivity index (χ0n) is 24.1. The Morgan fingerprint density at radius 2 is 1.54 bits per heavy atom. The molecule has 3 aromatic rings. The van der Waals surface area contributed by atoms with Gasteiger partial charge in [0.2, 0.25) is 11.8 Å². The van der Waals surface area contributed by atoms with Crippen LogP contribution < -0.4 is 14.4 Å². The van der Waals surface area contributed by atoms with Gasteiger partial charge in [-0.05, 0) is 80.8 Å². The van der Waals surface area contributed by atoms with Crippen LogP contribution in [-0.2, 0) is 26.2 Å². The van der Waals surface area contributed by atoms with Crippen LogP contribution in [0.3, 0.4) is 0 Å². The van der Waals surface area contributed by atoms with E-state index in [0.717, 1.165) is 15.4 Å². The molecule has 8 nitrogen and oxygen atoms in total. The van der Waals surface area contributed by atoms with E-state index in [4.69, 9.17) is 16.3 Å². The van der Waals surface area contributed by atoms with E-state index in [1.807, 2.05) is 27.7 Å². The van der Waals surface area contributed by atoms with E-state index in [1.54, 1.807) is 67.6 Å². The highest BCUT2D eigenvalue weighted by Crippen LogP contribution is 2.26. The number of sulfonamides is 1. The van der Waals surface area contributed by atoms with E-state index in [-0.39, 0.29) is 23.3 Å². The molecule has 41 heavy (non-hydrogen) atoms. The van der Waals surface area contributed by atoms with Crippen LogP contribution in [-0.4, -0.2) is 50.9 Å². The molecule has 0 saturated heterocycles. The number of amides is 2. The molecule has 0 aliphatic rings. The molecule has 220 valence electrons. The molecule has 0 aliphatic heterocycles. The number of ether oxygens (including phenoxy) is 1. The normalized spacial score (nSPS) is 12.1. The fourth-order valence-electron chi connectivity index (χ4n) is 4.06. The minimum atomic E-state index is -4.16. The summed E-state index contributed by atoms with van der Waals surface area (Å²) in [5, 5.41) is 3.42. The van der Waals surface area contributed by atoms with Gasteiger partial charge in [-0.25, -0.2) is 8.42 Å². The Labute approximate surface area is 248 Å². The second-order valence-electron chi connectivity index (χ2n) is 10.2. The van der Waals surface area contributed by atoms with Gasteiger partial charge in [-0.1, -0.05) is 55.3 Å². The highest BCUT2D eigenvalue weighted by Gasteiger charge is 2.32. The summed E-state index contributed by atoms with van der Waals surface area (Å²) in [6, 6.07) is 19.1. The van der Waals surface area contributed by atoms with Crippen LogP contribution in [0.4, 0.5) is 5.69 Å². The monoisotopic (exact) mass is 599 g/mol. The molecule has 3 aromatic carbocycles. The van der Waals surface area contributed by atoms with E-state index >= 15 is 0 Å². The van der Waals surface area contributed by atoms with Crippen molar-refractivity contribution in [1.29, 1.82) is 0 Å². The van der Waals surface area contributed by atoms with Gasteiger partial charge in [0.1, 0.15) is 18.3 Å². The van der Waals surface area contributed by atoms with Crippen molar-refractivity contribution in [2.24, 2.45) is 5.92 Å². The number of halogens is 1. The van der Waals surface area contributed by atoms with Crippen molar-refractivity contribution in [3.8, 4) is 5.75 Å². The van der Waals surface area contributed by atoms with E-state index in [9.17, 15) is 18.0 Å². The molecule has 1 atom stereocenters. The molecule has 1 N–H and O–H groups in total. The third-order valence-corrected chi connectivity index (χ3v) is 8.48. The second kappa shape index (κ2) is 14.4. The number of aryl methyl sites for hydroxylation is 1. The van der Waals surface area contributed by atoms with E-state index in [1.165, 1.54) is 17.0 Å². The summed E-state index contributed by atoms with van der Waals surface area (Å²) in [6.45, 7) is 9.82. The summed E-state index contributed by atoms with van der Waals surface area (Å²) in [7, 11) is -4.16. The molecule has 2 amide bonds. The van der Waals surface area contributed by atoms with Gasteiger partial charge in [0.25, 0.3) is 10.0 Å². The molecule has 0 bridgehead atoms. The first-order chi connectivity index (χ1) is 19.4. The molecule has 0 aliphatic carbocycles. The Bertz CT molecular complexity index is 1410. The average Bonchev–Trinajstić information content (AvgIpc) is 2.94. The lowest BCUT2D eigenvalue weighted by molar-refractivity contribution is -0.139. The minimum absolute atomic E-state index is 0.0151. The number of nitrogens with zero attached hydrogens (tertiary/aromatic N) is 2. The first-order valence-corrected chi connectivity index (χ1v) is 15.4. The number of anilines is 1. The SMILES string of the molecule is CCOc1ccc(S(=O)(=O)N(CC(=O)N(Cc2ccc(Cl)cc2)[C@H](C)C(=O)NCC(C)C)c2ccc(C)cc2)cc1. The maximum Gasteiger partial charge on any atom is 0.264 e. The Morgan fingerprint density at radius 1 is 0.927 bits per heavy atom. The zero-order chi connectivity index (χ0) is 30.2. The zero-order valence-corrected chi connectivity index (χ0v) is 25.7. The number of benzene rings is 3. The molecular weight excluding hydrogens is 562 g/mol. The molecule has 0 unspecified atom stereocenters. The fraction of sp³-hybridized carbons (Fsp3) is 0.355. The van der Waals surface area contributed by atoms with Crippen LogP contribution in [0.1, 0.15) is 38.8 Å². The number of nitrogens with one attached hydrogen (secondary N) is 1. The van der Waals surface area contributed by atoms with Gasteiger partial charge >= 0.3 is 0 Å². The molecule has 0 aromatic heterocycles. The molecule has 0 spiro atoms. The van der Waals surface area contributed by atoms with Gasteiger partial charge in [-0.2, -0.15) is 0 Å². The van der Waals surface area contributed by atoms with E-state index in [0.29, 0.717) is 29.6 Å². The van der Waals surface area contributed by atoms with Gasteiger partial charge in [0.05, 0.1) is 17.2 Å². The molecule has 10 heteroatoms. The summed E-state index contributed by atoms with van der Waals surface area (Å²) in [5.41, 5.74) is 2.03. The smallest absolute Gasteiger partial charge is 0.264 e. The summed E-state index contributed by atoms with van der Waals surface area (Å²) >= 11 is 6.05. The lowest BCUT2D eigenvalue weighted by Gasteiger charge is -2.32. The van der Waals surface area contributed by atoms with Crippen molar-refractivity contribution in [2.75, 3.05) is 24.0 Å². The van der Waals surface area contributed by atoms with Gasteiger partial charge in [-0.15, -0.1) is 0 Å². The molecule has 0 saturated carbocycles. The average molecular weight is 600 g/mol. The largest absolute Gasteiger partial charge is 0.494 e. The molecule has 0 radical (unpaired) electrons. The topological polar surface area (TPSA) is 96.0 Å². The maximum atomic E-state index is 14.0. The van der Waals surface area contributed by atoms with Crippen LogP contribution in [0.2, 0.25) is 5.02 Å². The van der Waals surface area contributed by atoms with Gasteiger partial charge in [0, 0.05) is 18.1 Å². The van der Waals surface area contributed by atoms with Crippen molar-refractivity contribution in [2.45, 2.75) is 52.1 Å². The van der Waals surface area contributed by atoms with Crippen LogP contribution in [0, 0.1) is 12.8 Å². The van der Waals surface area contributed by atoms with Gasteiger partial charge < -0.3 is 15.0 Å². The highest BCUT2D eigenvalue weighted by atomic mass is 35.5. The molecule has 0 fully saturated rings. The molecular formula is C31H38ClN3O5S. The van der Waals surface area contributed by atoms with Crippen molar-refractivity contribution >= 4 is 39.1 Å². The van der Waals surface area contributed by atoms with Crippen LogP contribution in [0.5, 0.6) is 5.75 Å². The minimum Gasteiger partial charge on any atom is -0.494 e. The Hall–Kier alpha value is -3.56. The first-order valence-electron chi connectivity index (χ1n) is 13.6. The standard InChI is InChI=1S/C31H38ClN3O5S/c1-6-40-28-15-17-29(18-16-28)41(38,39)35(27-13-7-23(4)8-14-27)21-30(36)34(20-25-9-11-26(32)12-10-25)24(5)31(37)33-19-22(2)3/h7-18,22,24H,6,19-21H2,1-5H3,(H,33,37)/t24-/m1/s1. The number of carbonyl (C=O) groups excluding carboxylic acids is 2. The highest BCUT2D eigenvalue weighted by molar-refractivity contribution is 7.92. The van der Waals surface area contributed by atoms with E-state index in [2.05, 4.69) is 5.32 Å². The lowest BCUT2D eigenvalue weighted by Crippen LogP contribution is -2.51. The van der Waals surface area contributed by atoms with Crippen molar-refractivity contribution in [3.05, 3.63) is 88.9 Å². The summed E-state index contributed by atoms with van der Waals surface area (Å²) in [5.74, 6) is -0.0813. The molecule has 0 heterocycles. The van der Waals surface area contributed by atoms with Crippen LogP contribution >= 0.6 is 11.6 Å².